The maximum absolute atomic E-state index is 10.1. The lowest BCUT2D eigenvalue weighted by molar-refractivity contribution is -0.0784. The van der Waals surface area contributed by atoms with E-state index in [0.29, 0.717) is 24.7 Å². The average Bonchev–Trinajstić information content (AvgIpc) is 3.20. The molecule has 0 spiro atoms. The second-order valence-electron chi connectivity index (χ2n) is 7.67. The highest BCUT2D eigenvalue weighted by Gasteiger charge is 2.41. The Morgan fingerprint density at radius 3 is 2.55 bits per heavy atom. The van der Waals surface area contributed by atoms with Gasteiger partial charge in [-0.3, -0.25) is 4.90 Å². The van der Waals surface area contributed by atoms with Crippen molar-refractivity contribution in [2.24, 2.45) is 5.92 Å². The fraction of sp³-hybridized carbons (Fsp3) is 0.455. The largest absolute Gasteiger partial charge is 0.504 e. The summed E-state index contributed by atoms with van der Waals surface area (Å²) in [6.45, 7) is 5.51. The summed E-state index contributed by atoms with van der Waals surface area (Å²) in [6.07, 6.45) is -0.0865. The summed E-state index contributed by atoms with van der Waals surface area (Å²) in [6, 6.07) is 9.50. The average molecular weight is 399 g/mol. The van der Waals surface area contributed by atoms with Crippen molar-refractivity contribution in [2.75, 3.05) is 40.2 Å². The molecule has 0 radical (unpaired) electrons. The molecule has 0 aliphatic carbocycles. The first-order valence-corrected chi connectivity index (χ1v) is 9.94. The van der Waals surface area contributed by atoms with Gasteiger partial charge in [0.2, 0.25) is 6.79 Å². The van der Waals surface area contributed by atoms with Gasteiger partial charge in [0.15, 0.2) is 29.2 Å². The standard InChI is InChI=1S/C22H25NO6/c1-13-21(14-3-4-16(24)18(9-14)25-2)15-10-19-20(28-12-27-19)11-17(15)29-22(13)23-5-7-26-8-6-23/h3-4,9-11,13,21-22,24H,5-8,12H2,1-2H3/t13-,21+,22-/m1/s1. The van der Waals surface area contributed by atoms with Gasteiger partial charge in [-0.1, -0.05) is 13.0 Å². The van der Waals surface area contributed by atoms with Crippen molar-refractivity contribution >= 4 is 0 Å². The van der Waals surface area contributed by atoms with Gasteiger partial charge < -0.3 is 28.8 Å². The third-order valence-electron chi connectivity index (χ3n) is 6.03. The Hall–Kier alpha value is -2.64. The molecule has 1 saturated heterocycles. The van der Waals surface area contributed by atoms with Crippen molar-refractivity contribution < 1.29 is 28.8 Å². The number of rotatable bonds is 3. The zero-order chi connectivity index (χ0) is 20.0. The van der Waals surface area contributed by atoms with Crippen molar-refractivity contribution in [3.05, 3.63) is 41.5 Å². The molecular formula is C22H25NO6. The Kier molecular flexibility index (Phi) is 4.64. The van der Waals surface area contributed by atoms with Gasteiger partial charge in [0.05, 0.1) is 20.3 Å². The third kappa shape index (κ3) is 3.14. The molecule has 5 rings (SSSR count). The molecule has 1 N–H and O–H groups in total. The highest BCUT2D eigenvalue weighted by Crippen LogP contribution is 2.50. The molecule has 29 heavy (non-hydrogen) atoms. The third-order valence-corrected chi connectivity index (χ3v) is 6.03. The Morgan fingerprint density at radius 1 is 1.03 bits per heavy atom. The van der Waals surface area contributed by atoms with Crippen molar-refractivity contribution in [2.45, 2.75) is 19.1 Å². The zero-order valence-electron chi connectivity index (χ0n) is 16.6. The molecule has 0 bridgehead atoms. The van der Waals surface area contributed by atoms with Crippen molar-refractivity contribution in [3.63, 3.8) is 0 Å². The Morgan fingerprint density at radius 2 is 1.79 bits per heavy atom. The summed E-state index contributed by atoms with van der Waals surface area (Å²) in [4.78, 5) is 2.34. The van der Waals surface area contributed by atoms with E-state index in [9.17, 15) is 5.11 Å². The van der Waals surface area contributed by atoms with Crippen LogP contribution in [0.5, 0.6) is 28.7 Å². The van der Waals surface area contributed by atoms with Crippen LogP contribution in [0.1, 0.15) is 24.0 Å². The quantitative estimate of drug-likeness (QED) is 0.851. The van der Waals surface area contributed by atoms with Crippen LogP contribution < -0.4 is 18.9 Å². The summed E-state index contributed by atoms with van der Waals surface area (Å²) >= 11 is 0. The number of phenolic OH excluding ortho intramolecular Hbond substituents is 1. The number of benzene rings is 2. The monoisotopic (exact) mass is 399 g/mol. The van der Waals surface area contributed by atoms with Gasteiger partial charge in [-0.2, -0.15) is 0 Å². The van der Waals surface area contributed by atoms with E-state index in [0.717, 1.165) is 35.7 Å². The number of hydrogen-bond acceptors (Lipinski definition) is 7. The predicted molar refractivity (Wildman–Crippen MR) is 105 cm³/mol. The summed E-state index contributed by atoms with van der Waals surface area (Å²) in [5.74, 6) is 3.06. The van der Waals surface area contributed by atoms with E-state index >= 15 is 0 Å². The lowest BCUT2D eigenvalue weighted by Gasteiger charge is -2.44. The Balaban J connectivity index is 1.61. The summed E-state index contributed by atoms with van der Waals surface area (Å²) in [5.41, 5.74) is 2.12. The van der Waals surface area contributed by atoms with Crippen LogP contribution in [0.15, 0.2) is 30.3 Å². The fourth-order valence-corrected chi connectivity index (χ4v) is 4.58. The maximum atomic E-state index is 10.1. The number of aromatic hydroxyl groups is 1. The number of phenols is 1. The predicted octanol–water partition coefficient (Wildman–Crippen LogP) is 2.95. The lowest BCUT2D eigenvalue weighted by atomic mass is 9.78. The second-order valence-corrected chi connectivity index (χ2v) is 7.67. The summed E-state index contributed by atoms with van der Waals surface area (Å²) < 4.78 is 28.6. The minimum absolute atomic E-state index is 0.0515. The first kappa shape index (κ1) is 18.4. The Bertz CT molecular complexity index is 910. The molecule has 154 valence electrons. The maximum Gasteiger partial charge on any atom is 0.231 e. The van der Waals surface area contributed by atoms with Gasteiger partial charge in [0, 0.05) is 36.6 Å². The molecule has 7 nitrogen and oxygen atoms in total. The molecule has 3 atom stereocenters. The Labute approximate surface area is 169 Å². The van der Waals surface area contributed by atoms with Gasteiger partial charge in [0.25, 0.3) is 0 Å². The SMILES string of the molecule is COc1cc([C@H]2c3cc4c(cc3O[C@@H](N3CCOCC3)[C@@H]2C)OCO4)ccc1O. The fourth-order valence-electron chi connectivity index (χ4n) is 4.58. The van der Waals surface area contributed by atoms with E-state index < -0.39 is 0 Å². The van der Waals surface area contributed by atoms with Crippen LogP contribution >= 0.6 is 0 Å². The molecule has 2 aromatic rings. The number of methoxy groups -OCH3 is 1. The van der Waals surface area contributed by atoms with Crippen LogP contribution in [0.2, 0.25) is 0 Å². The van der Waals surface area contributed by atoms with Crippen LogP contribution in [-0.2, 0) is 4.74 Å². The zero-order valence-corrected chi connectivity index (χ0v) is 16.6. The number of morpholine rings is 1. The van der Waals surface area contributed by atoms with Crippen molar-refractivity contribution in [1.82, 2.24) is 4.90 Å². The summed E-state index contributed by atoms with van der Waals surface area (Å²) in [5, 5.41) is 10.1. The van der Waals surface area contributed by atoms with Gasteiger partial charge in [-0.05, 0) is 23.8 Å². The number of ether oxygens (including phenoxy) is 5. The van der Waals surface area contributed by atoms with Gasteiger partial charge in [-0.15, -0.1) is 0 Å². The van der Waals surface area contributed by atoms with Crippen LogP contribution in [0.3, 0.4) is 0 Å². The highest BCUT2D eigenvalue weighted by atomic mass is 16.7. The van der Waals surface area contributed by atoms with E-state index in [2.05, 4.69) is 11.8 Å². The van der Waals surface area contributed by atoms with E-state index in [1.807, 2.05) is 24.3 Å². The first-order valence-electron chi connectivity index (χ1n) is 9.94. The van der Waals surface area contributed by atoms with E-state index in [-0.39, 0.29) is 30.6 Å². The molecule has 7 heteroatoms. The minimum Gasteiger partial charge on any atom is -0.504 e. The molecule has 0 unspecified atom stereocenters. The van der Waals surface area contributed by atoms with Crippen LogP contribution in [0, 0.1) is 5.92 Å². The van der Waals surface area contributed by atoms with Crippen LogP contribution in [0.4, 0.5) is 0 Å². The summed E-state index contributed by atoms with van der Waals surface area (Å²) in [7, 11) is 1.56. The lowest BCUT2D eigenvalue weighted by Crippen LogP contribution is -2.52. The number of nitrogens with zero attached hydrogens (tertiary/aromatic N) is 1. The van der Waals surface area contributed by atoms with Gasteiger partial charge >= 0.3 is 0 Å². The van der Waals surface area contributed by atoms with E-state index in [1.54, 1.807) is 13.2 Å². The second kappa shape index (κ2) is 7.31. The molecule has 0 saturated carbocycles. The topological polar surface area (TPSA) is 69.6 Å². The number of fused-ring (bicyclic) bond motifs is 2. The molecule has 3 heterocycles. The first-order chi connectivity index (χ1) is 14.2. The number of hydrogen-bond donors (Lipinski definition) is 1. The van der Waals surface area contributed by atoms with E-state index in [1.165, 1.54) is 0 Å². The molecule has 0 amide bonds. The van der Waals surface area contributed by atoms with Crippen molar-refractivity contribution in [1.29, 1.82) is 0 Å². The van der Waals surface area contributed by atoms with Crippen molar-refractivity contribution in [3.8, 4) is 28.7 Å². The molecule has 2 aromatic carbocycles. The normalized spacial score (nSPS) is 25.9. The minimum atomic E-state index is -0.0865. The van der Waals surface area contributed by atoms with E-state index in [4.69, 9.17) is 23.7 Å². The molecule has 0 aromatic heterocycles. The van der Waals surface area contributed by atoms with Crippen LogP contribution in [0.25, 0.3) is 0 Å². The molecule has 1 fully saturated rings. The smallest absolute Gasteiger partial charge is 0.231 e. The molecular weight excluding hydrogens is 374 g/mol. The molecule has 3 aliphatic heterocycles. The highest BCUT2D eigenvalue weighted by molar-refractivity contribution is 5.57. The molecule has 3 aliphatic rings. The van der Waals surface area contributed by atoms with Crippen LogP contribution in [-0.4, -0.2) is 56.4 Å². The van der Waals surface area contributed by atoms with Gasteiger partial charge in [-0.25, -0.2) is 0 Å². The van der Waals surface area contributed by atoms with Gasteiger partial charge in [0.1, 0.15) is 5.75 Å².